The molecule has 1 fully saturated rings. The molecule has 1 heterocycles. The first kappa shape index (κ1) is 18.4. The lowest BCUT2D eigenvalue weighted by atomic mass is 9.88. The number of piperidine rings is 1. The highest BCUT2D eigenvalue weighted by molar-refractivity contribution is 5.44. The van der Waals surface area contributed by atoms with Gasteiger partial charge in [-0.25, -0.2) is 0 Å². The summed E-state index contributed by atoms with van der Waals surface area (Å²) in [6, 6.07) is 15.4. The lowest BCUT2D eigenvalue weighted by molar-refractivity contribution is 0.205. The Morgan fingerprint density at radius 3 is 2.48 bits per heavy atom. The van der Waals surface area contributed by atoms with Gasteiger partial charge in [-0.3, -0.25) is 0 Å². The molecule has 3 heteroatoms. The summed E-state index contributed by atoms with van der Waals surface area (Å²) in [4.78, 5) is 2.66. The van der Waals surface area contributed by atoms with E-state index < -0.39 is 0 Å². The van der Waals surface area contributed by atoms with Crippen molar-refractivity contribution in [3.8, 4) is 11.5 Å². The Balaban J connectivity index is 1.30. The van der Waals surface area contributed by atoms with Crippen LogP contribution in [-0.4, -0.2) is 38.8 Å². The van der Waals surface area contributed by atoms with Gasteiger partial charge in [0.05, 0.1) is 14.2 Å². The van der Waals surface area contributed by atoms with Gasteiger partial charge in [-0.05, 0) is 92.4 Å². The van der Waals surface area contributed by atoms with Crippen LogP contribution in [0.2, 0.25) is 0 Å². The number of methoxy groups -OCH3 is 2. The van der Waals surface area contributed by atoms with Crippen molar-refractivity contribution in [2.75, 3.05) is 33.9 Å². The Kier molecular flexibility index (Phi) is 5.68. The van der Waals surface area contributed by atoms with Gasteiger partial charge >= 0.3 is 0 Å². The molecule has 0 saturated carbocycles. The number of hydrogen-bond donors (Lipinski definition) is 0. The molecule has 0 bridgehead atoms. The lowest BCUT2D eigenvalue weighted by Crippen LogP contribution is -2.34. The molecule has 0 amide bonds. The van der Waals surface area contributed by atoms with Crippen LogP contribution >= 0.6 is 0 Å². The molecule has 2 aliphatic rings. The van der Waals surface area contributed by atoms with Gasteiger partial charge in [-0.2, -0.15) is 0 Å². The second kappa shape index (κ2) is 8.35. The first-order valence-electron chi connectivity index (χ1n) is 10.3. The van der Waals surface area contributed by atoms with Crippen molar-refractivity contribution >= 4 is 0 Å². The normalized spacial score (nSPS) is 20.4. The zero-order valence-corrected chi connectivity index (χ0v) is 16.6. The number of aryl methyl sites for hydroxylation is 1. The van der Waals surface area contributed by atoms with Crippen LogP contribution in [0.3, 0.4) is 0 Å². The number of fused-ring (bicyclic) bond motifs is 1. The van der Waals surface area contributed by atoms with Crippen LogP contribution in [0.1, 0.15) is 54.2 Å². The monoisotopic (exact) mass is 365 g/mol. The van der Waals surface area contributed by atoms with Crippen molar-refractivity contribution in [1.82, 2.24) is 4.90 Å². The lowest BCUT2D eigenvalue weighted by Gasteiger charge is -2.33. The number of rotatable bonds is 6. The van der Waals surface area contributed by atoms with Crippen molar-refractivity contribution in [2.45, 2.75) is 43.9 Å². The summed E-state index contributed by atoms with van der Waals surface area (Å²) in [5.41, 5.74) is 4.57. The molecule has 27 heavy (non-hydrogen) atoms. The zero-order valence-electron chi connectivity index (χ0n) is 16.6. The molecule has 4 rings (SSSR count). The van der Waals surface area contributed by atoms with Crippen LogP contribution in [0.25, 0.3) is 0 Å². The van der Waals surface area contributed by atoms with E-state index in [1.165, 1.54) is 57.3 Å². The molecule has 1 aliphatic carbocycles. The van der Waals surface area contributed by atoms with Crippen molar-refractivity contribution < 1.29 is 9.47 Å². The summed E-state index contributed by atoms with van der Waals surface area (Å²) in [7, 11) is 3.41. The topological polar surface area (TPSA) is 21.7 Å². The molecular weight excluding hydrogens is 334 g/mol. The highest BCUT2D eigenvalue weighted by Gasteiger charge is 2.25. The van der Waals surface area contributed by atoms with Crippen molar-refractivity contribution in [1.29, 1.82) is 0 Å². The molecule has 3 nitrogen and oxygen atoms in total. The second-order valence-electron chi connectivity index (χ2n) is 7.95. The van der Waals surface area contributed by atoms with Crippen molar-refractivity contribution in [3.63, 3.8) is 0 Å². The van der Waals surface area contributed by atoms with Crippen LogP contribution in [-0.2, 0) is 6.42 Å². The SMILES string of the molecule is COc1ccc(C2CCN(CCC3CCc4ccccc43)CC2)cc1OC. The molecule has 0 aromatic heterocycles. The number of benzene rings is 2. The number of hydrogen-bond acceptors (Lipinski definition) is 3. The quantitative estimate of drug-likeness (QED) is 0.719. The van der Waals surface area contributed by atoms with Crippen molar-refractivity contribution in [2.24, 2.45) is 0 Å². The minimum Gasteiger partial charge on any atom is -0.493 e. The van der Waals surface area contributed by atoms with Gasteiger partial charge in [0, 0.05) is 0 Å². The van der Waals surface area contributed by atoms with Gasteiger partial charge in [-0.1, -0.05) is 30.3 Å². The third-order valence-electron chi connectivity index (χ3n) is 6.52. The molecule has 0 radical (unpaired) electrons. The van der Waals surface area contributed by atoms with E-state index in [-0.39, 0.29) is 0 Å². The Labute approximate surface area is 163 Å². The van der Waals surface area contributed by atoms with Crippen LogP contribution in [0.5, 0.6) is 11.5 Å². The predicted molar refractivity (Wildman–Crippen MR) is 110 cm³/mol. The smallest absolute Gasteiger partial charge is 0.160 e. The van der Waals surface area contributed by atoms with E-state index in [0.29, 0.717) is 5.92 Å². The number of nitrogens with zero attached hydrogens (tertiary/aromatic N) is 1. The van der Waals surface area contributed by atoms with E-state index in [1.54, 1.807) is 25.3 Å². The number of likely N-dealkylation sites (tertiary alicyclic amines) is 1. The van der Waals surface area contributed by atoms with Gasteiger partial charge < -0.3 is 14.4 Å². The average molecular weight is 366 g/mol. The molecule has 2 aromatic rings. The maximum Gasteiger partial charge on any atom is 0.160 e. The Morgan fingerprint density at radius 2 is 1.70 bits per heavy atom. The molecule has 1 saturated heterocycles. The maximum absolute atomic E-state index is 5.48. The van der Waals surface area contributed by atoms with Gasteiger partial charge in [0.1, 0.15) is 0 Å². The van der Waals surface area contributed by atoms with Crippen molar-refractivity contribution in [3.05, 3.63) is 59.2 Å². The second-order valence-corrected chi connectivity index (χ2v) is 7.95. The van der Waals surface area contributed by atoms with Gasteiger partial charge in [0.2, 0.25) is 0 Å². The van der Waals surface area contributed by atoms with Gasteiger partial charge in [0.15, 0.2) is 11.5 Å². The Hall–Kier alpha value is -2.00. The summed E-state index contributed by atoms with van der Waals surface area (Å²) >= 11 is 0. The van der Waals surface area contributed by atoms with E-state index in [1.807, 2.05) is 6.07 Å². The van der Waals surface area contributed by atoms with Crippen LogP contribution in [0.4, 0.5) is 0 Å². The predicted octanol–water partition coefficient (Wildman–Crippen LogP) is 5.00. The van der Waals surface area contributed by atoms with Crippen LogP contribution < -0.4 is 9.47 Å². The Morgan fingerprint density at radius 1 is 0.926 bits per heavy atom. The largest absolute Gasteiger partial charge is 0.493 e. The first-order chi connectivity index (χ1) is 13.3. The molecule has 1 atom stereocenters. The molecule has 144 valence electrons. The van der Waals surface area contributed by atoms with E-state index in [9.17, 15) is 0 Å². The highest BCUT2D eigenvalue weighted by Crippen LogP contribution is 2.37. The fourth-order valence-electron chi connectivity index (χ4n) is 4.88. The summed E-state index contributed by atoms with van der Waals surface area (Å²) in [5.74, 6) is 3.06. The van der Waals surface area contributed by atoms with Gasteiger partial charge in [0.25, 0.3) is 0 Å². The number of ether oxygens (including phenoxy) is 2. The molecule has 0 spiro atoms. The third kappa shape index (κ3) is 3.98. The van der Waals surface area contributed by atoms with Gasteiger partial charge in [-0.15, -0.1) is 0 Å². The standard InChI is InChI=1S/C24H31NO2/c1-26-23-10-9-21(17-24(23)27-2)18-11-14-25(15-12-18)16-13-20-8-7-19-5-3-4-6-22(19)20/h3-6,9-10,17-18,20H,7-8,11-16H2,1-2H3. The molecular formula is C24H31NO2. The minimum atomic E-state index is 0.633. The molecule has 1 unspecified atom stereocenters. The zero-order chi connectivity index (χ0) is 18.6. The minimum absolute atomic E-state index is 0.633. The summed E-state index contributed by atoms with van der Waals surface area (Å²) in [6.07, 6.45) is 6.37. The summed E-state index contributed by atoms with van der Waals surface area (Å²) < 4.78 is 10.8. The first-order valence-corrected chi connectivity index (χ1v) is 10.3. The van der Waals surface area contributed by atoms with E-state index in [0.717, 1.165) is 17.4 Å². The molecule has 2 aromatic carbocycles. The Bertz CT molecular complexity index is 765. The third-order valence-corrected chi connectivity index (χ3v) is 6.52. The molecule has 1 aliphatic heterocycles. The fraction of sp³-hybridized carbons (Fsp3) is 0.500. The highest BCUT2D eigenvalue weighted by atomic mass is 16.5. The fourth-order valence-corrected chi connectivity index (χ4v) is 4.88. The average Bonchev–Trinajstić information content (AvgIpc) is 3.15. The maximum atomic E-state index is 5.48. The molecule has 0 N–H and O–H groups in total. The van der Waals surface area contributed by atoms with Crippen LogP contribution in [0.15, 0.2) is 42.5 Å². The van der Waals surface area contributed by atoms with E-state index in [2.05, 4.69) is 41.3 Å². The summed E-state index contributed by atoms with van der Waals surface area (Å²) in [6.45, 7) is 3.64. The van der Waals surface area contributed by atoms with E-state index in [4.69, 9.17) is 9.47 Å². The summed E-state index contributed by atoms with van der Waals surface area (Å²) in [5, 5.41) is 0. The van der Waals surface area contributed by atoms with Crippen LogP contribution in [0, 0.1) is 0 Å². The van der Waals surface area contributed by atoms with E-state index >= 15 is 0 Å².